The van der Waals surface area contributed by atoms with Gasteiger partial charge >= 0.3 is 0 Å². The van der Waals surface area contributed by atoms with Crippen LogP contribution in [0, 0.1) is 0 Å². The second-order valence-corrected chi connectivity index (χ2v) is 9.49. The molecule has 0 unspecified atom stereocenters. The maximum Gasteiger partial charge on any atom is 0.221 e. The number of para-hydroxylation sites is 4. The third kappa shape index (κ3) is 1.85. The fourth-order valence-electron chi connectivity index (χ4n) is 5.13. The van der Waals surface area contributed by atoms with E-state index < -0.39 is 0 Å². The standard InChI is InChI=1S/C24H24N4/c1-23(2)13-14-24(3,4)20-19(23)21-25-15-9-5-8-12-18(15)28(21)22-26-16-10-6-7-11-17(16)27(20)22/h5-12H,13-14H2,1-4H3. The molecule has 1 aliphatic carbocycles. The minimum atomic E-state index is 0.0620. The molecule has 3 heterocycles. The zero-order valence-electron chi connectivity index (χ0n) is 16.8. The quantitative estimate of drug-likeness (QED) is 0.355. The largest absolute Gasteiger partial charge is 0.281 e. The van der Waals surface area contributed by atoms with Crippen molar-refractivity contribution in [1.82, 2.24) is 18.8 Å². The normalized spacial score (nSPS) is 18.3. The maximum absolute atomic E-state index is 5.12. The zero-order chi connectivity index (χ0) is 19.3. The highest BCUT2D eigenvalue weighted by molar-refractivity contribution is 5.88. The predicted octanol–water partition coefficient (Wildman–Crippen LogP) is 5.64. The molecule has 0 atom stereocenters. The van der Waals surface area contributed by atoms with Gasteiger partial charge in [-0.05, 0) is 42.5 Å². The van der Waals surface area contributed by atoms with Gasteiger partial charge < -0.3 is 0 Å². The Bertz CT molecular complexity index is 1410. The van der Waals surface area contributed by atoms with Crippen LogP contribution in [0.3, 0.4) is 0 Å². The summed E-state index contributed by atoms with van der Waals surface area (Å²) in [4.78, 5) is 10.2. The first kappa shape index (κ1) is 16.1. The number of benzene rings is 2. The summed E-state index contributed by atoms with van der Waals surface area (Å²) in [5.41, 5.74) is 8.30. The number of hydrogen-bond acceptors (Lipinski definition) is 2. The summed E-state index contributed by atoms with van der Waals surface area (Å²) in [6, 6.07) is 16.9. The van der Waals surface area contributed by atoms with Crippen molar-refractivity contribution in [3.8, 4) is 0 Å². The van der Waals surface area contributed by atoms with Gasteiger partial charge in [-0.1, -0.05) is 52.0 Å². The van der Waals surface area contributed by atoms with Crippen molar-refractivity contribution in [2.75, 3.05) is 0 Å². The van der Waals surface area contributed by atoms with Crippen molar-refractivity contribution >= 4 is 33.5 Å². The first-order chi connectivity index (χ1) is 13.4. The van der Waals surface area contributed by atoms with Crippen molar-refractivity contribution < 1.29 is 0 Å². The van der Waals surface area contributed by atoms with Crippen molar-refractivity contribution in [3.63, 3.8) is 0 Å². The van der Waals surface area contributed by atoms with Gasteiger partial charge in [0.15, 0.2) is 0 Å². The minimum Gasteiger partial charge on any atom is -0.281 e. The second-order valence-electron chi connectivity index (χ2n) is 9.49. The van der Waals surface area contributed by atoms with E-state index in [0.717, 1.165) is 40.8 Å². The summed E-state index contributed by atoms with van der Waals surface area (Å²) >= 11 is 0. The molecule has 0 fully saturated rings. The van der Waals surface area contributed by atoms with Gasteiger partial charge in [-0.3, -0.25) is 8.80 Å². The maximum atomic E-state index is 5.12. The van der Waals surface area contributed by atoms with Gasteiger partial charge in [0.1, 0.15) is 5.65 Å². The van der Waals surface area contributed by atoms with E-state index in [4.69, 9.17) is 9.97 Å². The molecule has 0 aliphatic heterocycles. The molecule has 0 radical (unpaired) electrons. The molecule has 4 heteroatoms. The lowest BCUT2D eigenvalue weighted by atomic mass is 9.65. The number of nitrogens with zero attached hydrogens (tertiary/aromatic N) is 4. The van der Waals surface area contributed by atoms with Gasteiger partial charge in [-0.15, -0.1) is 0 Å². The fraction of sp³-hybridized carbons (Fsp3) is 0.333. The number of imidazole rings is 2. The van der Waals surface area contributed by atoms with E-state index in [1.54, 1.807) is 0 Å². The zero-order valence-corrected chi connectivity index (χ0v) is 16.8. The predicted molar refractivity (Wildman–Crippen MR) is 114 cm³/mol. The summed E-state index contributed by atoms with van der Waals surface area (Å²) in [5, 5.41) is 0. The van der Waals surface area contributed by atoms with Crippen molar-refractivity contribution in [2.45, 2.75) is 51.4 Å². The molecule has 28 heavy (non-hydrogen) atoms. The lowest BCUT2D eigenvalue weighted by Gasteiger charge is -2.42. The molecule has 0 N–H and O–H groups in total. The van der Waals surface area contributed by atoms with Crippen LogP contribution in [0.25, 0.3) is 33.5 Å². The third-order valence-electron chi connectivity index (χ3n) is 6.68. The van der Waals surface area contributed by atoms with Crippen molar-refractivity contribution in [3.05, 3.63) is 59.8 Å². The summed E-state index contributed by atoms with van der Waals surface area (Å²) in [7, 11) is 0. The van der Waals surface area contributed by atoms with E-state index in [0.29, 0.717) is 0 Å². The van der Waals surface area contributed by atoms with E-state index >= 15 is 0 Å². The van der Waals surface area contributed by atoms with Crippen LogP contribution in [0.1, 0.15) is 51.8 Å². The lowest BCUT2D eigenvalue weighted by Crippen LogP contribution is -2.37. The van der Waals surface area contributed by atoms with Crippen LogP contribution in [0.4, 0.5) is 0 Å². The van der Waals surface area contributed by atoms with Crippen LogP contribution in [-0.2, 0) is 10.8 Å². The van der Waals surface area contributed by atoms with E-state index in [1.165, 1.54) is 16.8 Å². The molecule has 140 valence electrons. The van der Waals surface area contributed by atoms with Crippen LogP contribution in [0.5, 0.6) is 0 Å². The Morgan fingerprint density at radius 1 is 0.714 bits per heavy atom. The van der Waals surface area contributed by atoms with Crippen LogP contribution < -0.4 is 0 Å². The molecule has 0 saturated heterocycles. The third-order valence-corrected chi connectivity index (χ3v) is 6.68. The Labute approximate surface area is 163 Å². The highest BCUT2D eigenvalue weighted by atomic mass is 15.2. The molecular formula is C24H24N4. The number of aromatic nitrogens is 4. The Kier molecular flexibility index (Phi) is 2.84. The fourth-order valence-corrected chi connectivity index (χ4v) is 5.13. The topological polar surface area (TPSA) is 34.6 Å². The van der Waals surface area contributed by atoms with Gasteiger partial charge in [0, 0.05) is 16.7 Å². The second kappa shape index (κ2) is 4.93. The molecule has 0 saturated carbocycles. The number of rotatable bonds is 0. The van der Waals surface area contributed by atoms with Gasteiger partial charge in [-0.25, -0.2) is 9.97 Å². The van der Waals surface area contributed by atoms with E-state index in [2.05, 4.69) is 85.0 Å². The molecule has 0 amide bonds. The summed E-state index contributed by atoms with van der Waals surface area (Å²) in [5.74, 6) is 0.967. The van der Waals surface area contributed by atoms with E-state index in [9.17, 15) is 0 Å². The highest BCUT2D eigenvalue weighted by Gasteiger charge is 2.42. The molecular weight excluding hydrogens is 344 g/mol. The van der Waals surface area contributed by atoms with Gasteiger partial charge in [0.05, 0.1) is 22.1 Å². The van der Waals surface area contributed by atoms with Crippen LogP contribution in [0.2, 0.25) is 0 Å². The molecule has 6 rings (SSSR count). The summed E-state index contributed by atoms with van der Waals surface area (Å²) < 4.78 is 4.68. The lowest BCUT2D eigenvalue weighted by molar-refractivity contribution is 0.322. The molecule has 2 aromatic carbocycles. The monoisotopic (exact) mass is 368 g/mol. The summed E-state index contributed by atoms with van der Waals surface area (Å²) in [6.45, 7) is 9.47. The molecule has 5 aromatic rings. The SMILES string of the molecule is CC1(C)CCC(C)(C)c2c1c1nc3ccccc3n1c1nc3ccccc3n21. The van der Waals surface area contributed by atoms with Crippen LogP contribution in [-0.4, -0.2) is 18.8 Å². The molecule has 0 spiro atoms. The average Bonchev–Trinajstić information content (AvgIpc) is 3.22. The van der Waals surface area contributed by atoms with Gasteiger partial charge in [-0.2, -0.15) is 0 Å². The van der Waals surface area contributed by atoms with Crippen molar-refractivity contribution in [2.24, 2.45) is 0 Å². The Hall–Kier alpha value is -2.88. The first-order valence-electron chi connectivity index (χ1n) is 10.1. The first-order valence-corrected chi connectivity index (χ1v) is 10.1. The number of fused-ring (bicyclic) bond motifs is 10. The van der Waals surface area contributed by atoms with Gasteiger partial charge in [0.2, 0.25) is 5.78 Å². The smallest absolute Gasteiger partial charge is 0.221 e. The van der Waals surface area contributed by atoms with Gasteiger partial charge in [0.25, 0.3) is 0 Å². The molecule has 1 aliphatic rings. The summed E-state index contributed by atoms with van der Waals surface area (Å²) in [6.07, 6.45) is 2.31. The van der Waals surface area contributed by atoms with E-state index in [-0.39, 0.29) is 10.8 Å². The molecule has 0 bridgehead atoms. The van der Waals surface area contributed by atoms with Crippen LogP contribution in [0.15, 0.2) is 48.5 Å². The molecule has 3 aromatic heterocycles. The van der Waals surface area contributed by atoms with E-state index in [1.807, 2.05) is 0 Å². The Morgan fingerprint density at radius 3 is 2.00 bits per heavy atom. The Balaban J connectivity index is 2.02. The number of hydrogen-bond donors (Lipinski definition) is 0. The van der Waals surface area contributed by atoms with Crippen LogP contribution >= 0.6 is 0 Å². The highest BCUT2D eigenvalue weighted by Crippen LogP contribution is 2.48. The Morgan fingerprint density at radius 2 is 1.29 bits per heavy atom. The average molecular weight is 368 g/mol. The van der Waals surface area contributed by atoms with Crippen molar-refractivity contribution in [1.29, 1.82) is 0 Å². The molecule has 4 nitrogen and oxygen atoms in total. The minimum absolute atomic E-state index is 0.0620.